The van der Waals surface area contributed by atoms with Gasteiger partial charge in [0.1, 0.15) is 11.8 Å². The molecule has 1 N–H and O–H groups in total. The Morgan fingerprint density at radius 1 is 1.16 bits per heavy atom. The van der Waals surface area contributed by atoms with Crippen molar-refractivity contribution in [3.63, 3.8) is 0 Å². The van der Waals surface area contributed by atoms with Gasteiger partial charge in [0.15, 0.2) is 11.5 Å². The van der Waals surface area contributed by atoms with Crippen LogP contribution in [0.3, 0.4) is 0 Å². The van der Waals surface area contributed by atoms with Crippen molar-refractivity contribution in [3.05, 3.63) is 12.7 Å². The molecule has 102 valence electrons. The highest BCUT2D eigenvalue weighted by Gasteiger charge is 2.18. The maximum absolute atomic E-state index is 4.43. The zero-order valence-corrected chi connectivity index (χ0v) is 12.3. The van der Waals surface area contributed by atoms with Gasteiger partial charge in [-0.2, -0.15) is 0 Å². The summed E-state index contributed by atoms with van der Waals surface area (Å²) in [6, 6.07) is 0. The Morgan fingerprint density at radius 2 is 2.11 bits per heavy atom. The zero-order chi connectivity index (χ0) is 13.1. The molecule has 0 aliphatic carbocycles. The summed E-state index contributed by atoms with van der Waals surface area (Å²) in [4.78, 5) is 20.8. The number of aromatic amines is 1. The van der Waals surface area contributed by atoms with Crippen molar-refractivity contribution in [2.75, 3.05) is 43.0 Å². The van der Waals surface area contributed by atoms with E-state index >= 15 is 0 Å². The monoisotopic (exact) mass is 324 g/mol. The van der Waals surface area contributed by atoms with Crippen LogP contribution in [0.1, 0.15) is 6.42 Å². The van der Waals surface area contributed by atoms with Crippen molar-refractivity contribution in [2.24, 2.45) is 0 Å². The van der Waals surface area contributed by atoms with E-state index in [0.717, 1.165) is 61.5 Å². The van der Waals surface area contributed by atoms with Crippen LogP contribution in [-0.4, -0.2) is 62.9 Å². The predicted molar refractivity (Wildman–Crippen MR) is 78.7 cm³/mol. The molecule has 0 bridgehead atoms. The molecule has 1 saturated heterocycles. The summed E-state index contributed by atoms with van der Waals surface area (Å²) in [5, 5.41) is 1.03. The Bertz CT molecular complexity index is 542. The van der Waals surface area contributed by atoms with Crippen molar-refractivity contribution in [3.8, 4) is 0 Å². The maximum atomic E-state index is 4.43. The summed E-state index contributed by atoms with van der Waals surface area (Å²) in [6.45, 7) is 5.36. The van der Waals surface area contributed by atoms with E-state index < -0.39 is 0 Å². The fraction of sp³-hybridized carbons (Fsp3) is 0.583. The van der Waals surface area contributed by atoms with E-state index in [2.05, 4.69) is 45.7 Å². The van der Waals surface area contributed by atoms with E-state index in [1.807, 2.05) is 0 Å². The molecule has 2 aromatic heterocycles. The SMILES string of the molecule is BrCCN1CCCN(c2ncnc3nc[nH]c23)CC1. The Kier molecular flexibility index (Phi) is 3.93. The zero-order valence-electron chi connectivity index (χ0n) is 10.7. The number of hydrogen-bond acceptors (Lipinski definition) is 5. The van der Waals surface area contributed by atoms with Gasteiger partial charge >= 0.3 is 0 Å². The van der Waals surface area contributed by atoms with Gasteiger partial charge in [0.25, 0.3) is 0 Å². The normalized spacial score (nSPS) is 17.8. The molecule has 1 aliphatic heterocycles. The quantitative estimate of drug-likeness (QED) is 0.861. The van der Waals surface area contributed by atoms with E-state index in [4.69, 9.17) is 0 Å². The van der Waals surface area contributed by atoms with Gasteiger partial charge < -0.3 is 14.8 Å². The molecule has 6 nitrogen and oxygen atoms in total. The number of imidazole rings is 1. The second kappa shape index (κ2) is 5.83. The van der Waals surface area contributed by atoms with Gasteiger partial charge in [-0.3, -0.25) is 0 Å². The molecule has 0 aromatic carbocycles. The second-order valence-electron chi connectivity index (χ2n) is 4.67. The number of rotatable bonds is 3. The summed E-state index contributed by atoms with van der Waals surface area (Å²) in [7, 11) is 0. The first kappa shape index (κ1) is 12.8. The van der Waals surface area contributed by atoms with E-state index in [1.54, 1.807) is 12.7 Å². The summed E-state index contributed by atoms with van der Waals surface area (Å²) in [5.74, 6) is 0.975. The van der Waals surface area contributed by atoms with Crippen LogP contribution in [0.25, 0.3) is 11.2 Å². The lowest BCUT2D eigenvalue weighted by Crippen LogP contribution is -2.32. The van der Waals surface area contributed by atoms with E-state index in [1.165, 1.54) is 0 Å². The molecule has 3 rings (SSSR count). The van der Waals surface area contributed by atoms with E-state index in [0.29, 0.717) is 0 Å². The third-order valence-electron chi connectivity index (χ3n) is 3.49. The number of aromatic nitrogens is 4. The van der Waals surface area contributed by atoms with Crippen LogP contribution in [-0.2, 0) is 0 Å². The lowest BCUT2D eigenvalue weighted by atomic mass is 10.3. The fourth-order valence-electron chi connectivity index (χ4n) is 2.52. The third kappa shape index (κ3) is 2.71. The summed E-state index contributed by atoms with van der Waals surface area (Å²) >= 11 is 3.51. The van der Waals surface area contributed by atoms with Gasteiger partial charge in [-0.25, -0.2) is 15.0 Å². The fourth-order valence-corrected chi connectivity index (χ4v) is 3.02. The summed E-state index contributed by atoms with van der Waals surface area (Å²) in [5.41, 5.74) is 1.68. The van der Waals surface area contributed by atoms with Crippen molar-refractivity contribution < 1.29 is 0 Å². The van der Waals surface area contributed by atoms with E-state index in [-0.39, 0.29) is 0 Å². The highest BCUT2D eigenvalue weighted by Crippen LogP contribution is 2.20. The number of nitrogens with one attached hydrogen (secondary N) is 1. The second-order valence-corrected chi connectivity index (χ2v) is 5.46. The molecule has 0 amide bonds. The van der Waals surface area contributed by atoms with Crippen molar-refractivity contribution in [2.45, 2.75) is 6.42 Å². The Labute approximate surface area is 120 Å². The molecule has 2 aromatic rings. The molecule has 19 heavy (non-hydrogen) atoms. The number of alkyl halides is 1. The molecule has 0 unspecified atom stereocenters. The lowest BCUT2D eigenvalue weighted by Gasteiger charge is -2.22. The van der Waals surface area contributed by atoms with Gasteiger partial charge in [0.2, 0.25) is 0 Å². The van der Waals surface area contributed by atoms with Crippen LogP contribution in [0.2, 0.25) is 0 Å². The predicted octanol–water partition coefficient (Wildman–Crippen LogP) is 1.26. The van der Waals surface area contributed by atoms with Crippen LogP contribution in [0, 0.1) is 0 Å². The minimum absolute atomic E-state index is 0.742. The maximum Gasteiger partial charge on any atom is 0.182 e. The molecule has 0 atom stereocenters. The minimum atomic E-state index is 0.742. The number of H-pyrrole nitrogens is 1. The molecular formula is C12H17BrN6. The summed E-state index contributed by atoms with van der Waals surface area (Å²) in [6.07, 6.45) is 4.43. The van der Waals surface area contributed by atoms with Crippen LogP contribution in [0.15, 0.2) is 12.7 Å². The Balaban J connectivity index is 1.80. The van der Waals surface area contributed by atoms with Gasteiger partial charge in [-0.1, -0.05) is 15.9 Å². The Morgan fingerprint density at radius 3 is 3.00 bits per heavy atom. The van der Waals surface area contributed by atoms with Crippen molar-refractivity contribution >= 4 is 32.9 Å². The number of halogens is 1. The standard InChI is InChI=1S/C12H17BrN6/c13-2-5-18-3-1-4-19(7-6-18)12-10-11(15-8-14-10)16-9-17-12/h8-9H,1-7H2,(H,14,15,16,17). The largest absolute Gasteiger partial charge is 0.353 e. The molecule has 1 aliphatic rings. The smallest absolute Gasteiger partial charge is 0.182 e. The highest BCUT2D eigenvalue weighted by atomic mass is 79.9. The lowest BCUT2D eigenvalue weighted by molar-refractivity contribution is 0.313. The number of fused-ring (bicyclic) bond motifs is 1. The van der Waals surface area contributed by atoms with Crippen LogP contribution < -0.4 is 4.90 Å². The first-order valence-electron chi connectivity index (χ1n) is 6.56. The minimum Gasteiger partial charge on any atom is -0.353 e. The molecular weight excluding hydrogens is 308 g/mol. The van der Waals surface area contributed by atoms with Crippen LogP contribution in [0.5, 0.6) is 0 Å². The molecule has 7 heteroatoms. The molecule has 1 fully saturated rings. The molecule has 0 spiro atoms. The first-order valence-corrected chi connectivity index (χ1v) is 7.68. The first-order chi connectivity index (χ1) is 9.38. The van der Waals surface area contributed by atoms with Gasteiger partial charge in [0.05, 0.1) is 6.33 Å². The van der Waals surface area contributed by atoms with E-state index in [9.17, 15) is 0 Å². The highest BCUT2D eigenvalue weighted by molar-refractivity contribution is 9.09. The van der Waals surface area contributed by atoms with Crippen molar-refractivity contribution in [1.82, 2.24) is 24.8 Å². The van der Waals surface area contributed by atoms with Gasteiger partial charge in [-0.15, -0.1) is 0 Å². The number of hydrogen-bond donors (Lipinski definition) is 1. The molecule has 0 saturated carbocycles. The van der Waals surface area contributed by atoms with Crippen LogP contribution >= 0.6 is 15.9 Å². The van der Waals surface area contributed by atoms with Crippen LogP contribution in [0.4, 0.5) is 5.82 Å². The number of anilines is 1. The third-order valence-corrected chi connectivity index (χ3v) is 3.85. The van der Waals surface area contributed by atoms with Gasteiger partial charge in [0, 0.05) is 31.5 Å². The average molecular weight is 325 g/mol. The topological polar surface area (TPSA) is 60.9 Å². The van der Waals surface area contributed by atoms with Crippen molar-refractivity contribution in [1.29, 1.82) is 0 Å². The number of nitrogens with zero attached hydrogens (tertiary/aromatic N) is 5. The van der Waals surface area contributed by atoms with Gasteiger partial charge in [-0.05, 0) is 13.0 Å². The molecule has 3 heterocycles. The average Bonchev–Trinajstić information content (AvgIpc) is 2.79. The Hall–Kier alpha value is -1.21. The summed E-state index contributed by atoms with van der Waals surface area (Å²) < 4.78 is 0. The molecule has 0 radical (unpaired) electrons.